The van der Waals surface area contributed by atoms with Crippen LogP contribution in [0.1, 0.15) is 23.0 Å². The van der Waals surface area contributed by atoms with Gasteiger partial charge in [0.25, 0.3) is 0 Å². The summed E-state index contributed by atoms with van der Waals surface area (Å²) in [6.45, 7) is 1.96. The van der Waals surface area contributed by atoms with Crippen molar-refractivity contribution in [1.82, 2.24) is 20.1 Å². The third-order valence-electron chi connectivity index (χ3n) is 2.99. The van der Waals surface area contributed by atoms with Crippen molar-refractivity contribution < 1.29 is 4.39 Å². The molecule has 2 rings (SSSR count). The maximum absolute atomic E-state index is 13.2. The highest BCUT2D eigenvalue weighted by molar-refractivity contribution is 5.19. The van der Waals surface area contributed by atoms with E-state index in [-0.39, 0.29) is 11.9 Å². The molecule has 0 radical (unpaired) electrons. The molecule has 1 N–H and O–H groups in total. The molecule has 1 unspecified atom stereocenters. The number of rotatable bonds is 4. The highest BCUT2D eigenvalue weighted by Gasteiger charge is 2.14. The van der Waals surface area contributed by atoms with Gasteiger partial charge in [-0.25, -0.2) is 4.39 Å². The molecule has 5 heteroatoms. The van der Waals surface area contributed by atoms with Crippen LogP contribution in [0.15, 0.2) is 24.5 Å². The Labute approximate surface area is 106 Å². The first-order valence-electron chi connectivity index (χ1n) is 5.87. The van der Waals surface area contributed by atoms with Crippen molar-refractivity contribution in [2.75, 3.05) is 7.05 Å². The maximum Gasteiger partial charge on any atom is 0.141 e. The van der Waals surface area contributed by atoms with Crippen molar-refractivity contribution in [3.8, 4) is 0 Å². The van der Waals surface area contributed by atoms with E-state index in [9.17, 15) is 4.39 Å². The summed E-state index contributed by atoms with van der Waals surface area (Å²) in [7, 11) is 3.78. The number of aromatic nitrogens is 3. The normalized spacial score (nSPS) is 12.7. The fourth-order valence-electron chi connectivity index (χ4n) is 2.07. The van der Waals surface area contributed by atoms with Crippen molar-refractivity contribution in [2.24, 2.45) is 7.05 Å². The van der Waals surface area contributed by atoms with E-state index in [1.807, 2.05) is 31.8 Å². The van der Waals surface area contributed by atoms with Crippen molar-refractivity contribution in [3.63, 3.8) is 0 Å². The lowest BCUT2D eigenvalue weighted by Crippen LogP contribution is -2.20. The molecule has 0 fully saturated rings. The summed E-state index contributed by atoms with van der Waals surface area (Å²) in [5.74, 6) is -0.311. The monoisotopic (exact) mass is 248 g/mol. The van der Waals surface area contributed by atoms with Gasteiger partial charge in [0.05, 0.1) is 11.9 Å². The second kappa shape index (κ2) is 5.27. The Morgan fingerprint density at radius 3 is 2.72 bits per heavy atom. The molecule has 0 saturated carbocycles. The highest BCUT2D eigenvalue weighted by atomic mass is 19.1. The fourth-order valence-corrected chi connectivity index (χ4v) is 2.07. The molecule has 0 spiro atoms. The van der Waals surface area contributed by atoms with E-state index in [1.54, 1.807) is 6.20 Å². The van der Waals surface area contributed by atoms with Crippen LogP contribution in [-0.4, -0.2) is 21.8 Å². The van der Waals surface area contributed by atoms with Crippen LogP contribution in [0.4, 0.5) is 4.39 Å². The summed E-state index contributed by atoms with van der Waals surface area (Å²) in [5, 5.41) is 7.49. The molecule has 4 nitrogen and oxygen atoms in total. The number of hydrogen-bond donors (Lipinski definition) is 1. The maximum atomic E-state index is 13.2. The molecule has 0 aromatic carbocycles. The molecular formula is C13H17FN4. The minimum atomic E-state index is -0.311. The van der Waals surface area contributed by atoms with Gasteiger partial charge in [-0.05, 0) is 31.7 Å². The molecule has 0 bridgehead atoms. The van der Waals surface area contributed by atoms with Gasteiger partial charge in [0.1, 0.15) is 5.82 Å². The summed E-state index contributed by atoms with van der Waals surface area (Å²) < 4.78 is 15.0. The Kier molecular flexibility index (Phi) is 3.72. The number of halogens is 1. The first-order valence-corrected chi connectivity index (χ1v) is 5.87. The smallest absolute Gasteiger partial charge is 0.141 e. The lowest BCUT2D eigenvalue weighted by molar-refractivity contribution is 0.550. The standard InChI is InChI=1S/C13H17FN4/c1-9-4-12(18(3)17-9)6-13(15-2)10-5-11(14)8-16-7-10/h4-5,7-8,13,15H,6H2,1-3H3. The lowest BCUT2D eigenvalue weighted by Gasteiger charge is -2.16. The van der Waals surface area contributed by atoms with E-state index < -0.39 is 0 Å². The van der Waals surface area contributed by atoms with Gasteiger partial charge in [0, 0.05) is 31.4 Å². The summed E-state index contributed by atoms with van der Waals surface area (Å²) in [6, 6.07) is 3.58. The van der Waals surface area contributed by atoms with E-state index in [1.165, 1.54) is 12.3 Å². The zero-order valence-corrected chi connectivity index (χ0v) is 10.8. The SMILES string of the molecule is CNC(Cc1cc(C)nn1C)c1cncc(F)c1. The molecule has 2 aromatic heterocycles. The average molecular weight is 248 g/mol. The van der Waals surface area contributed by atoms with E-state index >= 15 is 0 Å². The van der Waals surface area contributed by atoms with Crippen molar-refractivity contribution in [2.45, 2.75) is 19.4 Å². The first-order chi connectivity index (χ1) is 8.60. The Bertz CT molecular complexity index is 536. The van der Waals surface area contributed by atoms with E-state index in [0.717, 1.165) is 23.4 Å². The zero-order chi connectivity index (χ0) is 13.1. The van der Waals surface area contributed by atoms with E-state index in [4.69, 9.17) is 0 Å². The minimum absolute atomic E-state index is 0.0306. The van der Waals surface area contributed by atoms with Crippen LogP contribution in [0.3, 0.4) is 0 Å². The topological polar surface area (TPSA) is 42.7 Å². The second-order valence-corrected chi connectivity index (χ2v) is 4.38. The Morgan fingerprint density at radius 2 is 2.17 bits per heavy atom. The predicted octanol–water partition coefficient (Wildman–Crippen LogP) is 1.77. The zero-order valence-electron chi connectivity index (χ0n) is 10.8. The molecule has 0 aliphatic rings. The highest BCUT2D eigenvalue weighted by Crippen LogP contribution is 2.18. The molecule has 0 aliphatic heterocycles. The quantitative estimate of drug-likeness (QED) is 0.896. The van der Waals surface area contributed by atoms with Crippen LogP contribution in [0.5, 0.6) is 0 Å². The average Bonchev–Trinajstić information content (AvgIpc) is 2.64. The number of likely N-dealkylation sites (N-methyl/N-ethyl adjacent to an activating group) is 1. The van der Waals surface area contributed by atoms with Gasteiger partial charge in [-0.3, -0.25) is 9.67 Å². The van der Waals surface area contributed by atoms with Gasteiger partial charge in [-0.2, -0.15) is 5.10 Å². The van der Waals surface area contributed by atoms with Crippen LogP contribution in [0.25, 0.3) is 0 Å². The third kappa shape index (κ3) is 2.73. The molecular weight excluding hydrogens is 231 g/mol. The van der Waals surface area contributed by atoms with Crippen LogP contribution >= 0.6 is 0 Å². The van der Waals surface area contributed by atoms with Gasteiger partial charge in [0.2, 0.25) is 0 Å². The van der Waals surface area contributed by atoms with E-state index in [0.29, 0.717) is 0 Å². The number of nitrogens with zero attached hydrogens (tertiary/aromatic N) is 3. The van der Waals surface area contributed by atoms with Gasteiger partial charge >= 0.3 is 0 Å². The van der Waals surface area contributed by atoms with Crippen molar-refractivity contribution in [1.29, 1.82) is 0 Å². The van der Waals surface area contributed by atoms with Crippen molar-refractivity contribution >= 4 is 0 Å². The molecule has 0 saturated heterocycles. The number of aryl methyl sites for hydroxylation is 2. The second-order valence-electron chi connectivity index (χ2n) is 4.38. The predicted molar refractivity (Wildman–Crippen MR) is 67.6 cm³/mol. The van der Waals surface area contributed by atoms with E-state index in [2.05, 4.69) is 15.4 Å². The summed E-state index contributed by atoms with van der Waals surface area (Å²) in [5.41, 5.74) is 2.94. The molecule has 2 heterocycles. The van der Waals surface area contributed by atoms with Crippen LogP contribution in [0.2, 0.25) is 0 Å². The molecule has 2 aromatic rings. The van der Waals surface area contributed by atoms with Gasteiger partial charge in [-0.1, -0.05) is 0 Å². The van der Waals surface area contributed by atoms with Gasteiger partial charge in [0.15, 0.2) is 0 Å². The molecule has 0 amide bonds. The summed E-state index contributed by atoms with van der Waals surface area (Å²) in [4.78, 5) is 3.88. The Balaban J connectivity index is 2.22. The van der Waals surface area contributed by atoms with Crippen LogP contribution in [-0.2, 0) is 13.5 Å². The number of nitrogens with one attached hydrogen (secondary N) is 1. The van der Waals surface area contributed by atoms with Crippen LogP contribution < -0.4 is 5.32 Å². The Morgan fingerprint density at radius 1 is 1.39 bits per heavy atom. The molecule has 18 heavy (non-hydrogen) atoms. The van der Waals surface area contributed by atoms with Gasteiger partial charge < -0.3 is 5.32 Å². The Hall–Kier alpha value is -1.75. The van der Waals surface area contributed by atoms with Gasteiger partial charge in [-0.15, -0.1) is 0 Å². The molecule has 96 valence electrons. The summed E-state index contributed by atoms with van der Waals surface area (Å²) in [6.07, 6.45) is 3.65. The van der Waals surface area contributed by atoms with Crippen LogP contribution in [0, 0.1) is 12.7 Å². The third-order valence-corrected chi connectivity index (χ3v) is 2.99. The first kappa shape index (κ1) is 12.7. The molecule has 1 atom stereocenters. The number of hydrogen-bond acceptors (Lipinski definition) is 3. The fraction of sp³-hybridized carbons (Fsp3) is 0.385. The lowest BCUT2D eigenvalue weighted by atomic mass is 10.0. The minimum Gasteiger partial charge on any atom is -0.313 e. The number of pyridine rings is 1. The summed E-state index contributed by atoms with van der Waals surface area (Å²) >= 11 is 0. The van der Waals surface area contributed by atoms with Crippen molar-refractivity contribution in [3.05, 3.63) is 47.3 Å². The largest absolute Gasteiger partial charge is 0.313 e. The molecule has 0 aliphatic carbocycles.